The zero-order valence-electron chi connectivity index (χ0n) is 15.8. The second-order valence-electron chi connectivity index (χ2n) is 7.60. The molecule has 5 heteroatoms. The lowest BCUT2D eigenvalue weighted by Crippen LogP contribution is -2.55. The van der Waals surface area contributed by atoms with Crippen LogP contribution in [0.1, 0.15) is 43.2 Å². The van der Waals surface area contributed by atoms with Crippen molar-refractivity contribution < 1.29 is 0 Å². The number of anilines is 2. The van der Waals surface area contributed by atoms with Gasteiger partial charge < -0.3 is 10.2 Å². The number of rotatable bonds is 2. The number of thiocarbonyl (C=S) groups is 1. The van der Waals surface area contributed by atoms with Gasteiger partial charge in [0.05, 0.1) is 0 Å². The van der Waals surface area contributed by atoms with E-state index in [0.29, 0.717) is 5.11 Å². The summed E-state index contributed by atoms with van der Waals surface area (Å²) in [6.07, 6.45) is 5.81. The molecule has 3 nitrogen and oxygen atoms in total. The summed E-state index contributed by atoms with van der Waals surface area (Å²) < 4.78 is 1.10. The van der Waals surface area contributed by atoms with Crippen LogP contribution in [-0.2, 0) is 0 Å². The first-order valence-electron chi connectivity index (χ1n) is 9.53. The quantitative estimate of drug-likeness (QED) is 0.547. The van der Waals surface area contributed by atoms with Crippen molar-refractivity contribution in [1.29, 1.82) is 0 Å². The third kappa shape index (κ3) is 3.43. The molecule has 27 heavy (non-hydrogen) atoms. The van der Waals surface area contributed by atoms with Crippen LogP contribution >= 0.6 is 28.1 Å². The molecule has 4 rings (SSSR count). The number of nitrogens with zero attached hydrogens (tertiary/aromatic N) is 2. The lowest BCUT2D eigenvalue weighted by Gasteiger charge is -2.43. The van der Waals surface area contributed by atoms with Crippen molar-refractivity contribution in [2.24, 2.45) is 4.99 Å². The average molecular weight is 442 g/mol. The number of amidine groups is 1. The van der Waals surface area contributed by atoms with Crippen LogP contribution in [0, 0.1) is 13.8 Å². The third-order valence-electron chi connectivity index (χ3n) is 5.68. The number of aliphatic imine (C=N–C) groups is 1. The number of aryl methyl sites for hydroxylation is 2. The molecule has 2 aliphatic rings. The Labute approximate surface area is 175 Å². The summed E-state index contributed by atoms with van der Waals surface area (Å²) in [5.41, 5.74) is 4.49. The molecule has 1 N–H and O–H groups in total. The van der Waals surface area contributed by atoms with Crippen LogP contribution in [-0.4, -0.2) is 16.5 Å². The minimum atomic E-state index is -0.165. The van der Waals surface area contributed by atoms with E-state index in [-0.39, 0.29) is 5.54 Å². The fourth-order valence-electron chi connectivity index (χ4n) is 4.14. The highest BCUT2D eigenvalue weighted by molar-refractivity contribution is 9.10. The Hall–Kier alpha value is -1.72. The minimum absolute atomic E-state index is 0.165. The fourth-order valence-corrected chi connectivity index (χ4v) is 4.89. The van der Waals surface area contributed by atoms with E-state index in [1.807, 2.05) is 0 Å². The Morgan fingerprint density at radius 2 is 1.74 bits per heavy atom. The molecule has 0 saturated heterocycles. The molecule has 1 fully saturated rings. The van der Waals surface area contributed by atoms with Crippen molar-refractivity contribution in [1.82, 2.24) is 0 Å². The summed E-state index contributed by atoms with van der Waals surface area (Å²) in [5.74, 6) is 0.989. The van der Waals surface area contributed by atoms with E-state index in [9.17, 15) is 0 Å². The van der Waals surface area contributed by atoms with Crippen molar-refractivity contribution in [3.05, 3.63) is 58.1 Å². The summed E-state index contributed by atoms with van der Waals surface area (Å²) in [4.78, 5) is 7.12. The van der Waals surface area contributed by atoms with Gasteiger partial charge in [-0.1, -0.05) is 59.0 Å². The smallest absolute Gasteiger partial charge is 0.202 e. The van der Waals surface area contributed by atoms with Crippen LogP contribution in [0.5, 0.6) is 0 Å². The molecule has 1 aliphatic heterocycles. The maximum atomic E-state index is 5.74. The van der Waals surface area contributed by atoms with Crippen molar-refractivity contribution in [2.45, 2.75) is 51.5 Å². The van der Waals surface area contributed by atoms with Gasteiger partial charge in [0.25, 0.3) is 0 Å². The first-order valence-corrected chi connectivity index (χ1v) is 10.7. The van der Waals surface area contributed by atoms with Gasteiger partial charge in [0.2, 0.25) is 5.11 Å². The summed E-state index contributed by atoms with van der Waals surface area (Å²) in [6, 6.07) is 15.0. The molecular formula is C22H24BrN3S. The summed E-state index contributed by atoms with van der Waals surface area (Å²) >= 11 is 9.37. The first kappa shape index (κ1) is 18.6. The third-order valence-corrected chi connectivity index (χ3v) is 6.80. The predicted octanol–water partition coefficient (Wildman–Crippen LogP) is 6.38. The Morgan fingerprint density at radius 3 is 2.41 bits per heavy atom. The number of hydrogen-bond acceptors (Lipinski definition) is 2. The van der Waals surface area contributed by atoms with Crippen LogP contribution in [0.3, 0.4) is 0 Å². The molecule has 2 aromatic carbocycles. The largest absolute Gasteiger partial charge is 0.342 e. The Morgan fingerprint density at radius 1 is 1.04 bits per heavy atom. The summed E-state index contributed by atoms with van der Waals surface area (Å²) in [6.45, 7) is 4.21. The molecular weight excluding hydrogens is 418 g/mol. The highest BCUT2D eigenvalue weighted by Gasteiger charge is 2.49. The van der Waals surface area contributed by atoms with Crippen LogP contribution in [0.2, 0.25) is 0 Å². The van der Waals surface area contributed by atoms with E-state index in [2.05, 4.69) is 82.5 Å². The first-order chi connectivity index (χ1) is 13.0. The van der Waals surface area contributed by atoms with Gasteiger partial charge in [-0.05, 0) is 68.7 Å². The summed E-state index contributed by atoms with van der Waals surface area (Å²) in [5, 5.41) is 4.26. The molecule has 0 unspecified atom stereocenters. The van der Waals surface area contributed by atoms with Crippen molar-refractivity contribution in [2.75, 3.05) is 10.2 Å². The predicted molar refractivity (Wildman–Crippen MR) is 122 cm³/mol. The second-order valence-corrected chi connectivity index (χ2v) is 8.81. The van der Waals surface area contributed by atoms with Gasteiger partial charge in [-0.2, -0.15) is 0 Å². The van der Waals surface area contributed by atoms with Crippen molar-refractivity contribution in [3.8, 4) is 0 Å². The van der Waals surface area contributed by atoms with Gasteiger partial charge in [-0.15, -0.1) is 0 Å². The van der Waals surface area contributed by atoms with Crippen molar-refractivity contribution in [3.63, 3.8) is 0 Å². The molecule has 1 heterocycles. The van der Waals surface area contributed by atoms with E-state index in [1.54, 1.807) is 0 Å². The van der Waals surface area contributed by atoms with Gasteiger partial charge in [0.15, 0.2) is 0 Å². The lowest BCUT2D eigenvalue weighted by molar-refractivity contribution is 0.386. The van der Waals surface area contributed by atoms with Gasteiger partial charge in [-0.25, -0.2) is 4.99 Å². The topological polar surface area (TPSA) is 27.6 Å². The van der Waals surface area contributed by atoms with E-state index in [0.717, 1.165) is 34.5 Å². The van der Waals surface area contributed by atoms with Crippen LogP contribution < -0.4 is 10.2 Å². The van der Waals surface area contributed by atoms with Gasteiger partial charge in [-0.3, -0.25) is 0 Å². The highest BCUT2D eigenvalue weighted by Crippen LogP contribution is 2.42. The zero-order valence-corrected chi connectivity index (χ0v) is 18.2. The standard InChI is InChI=1S/C22H24BrN3S/c1-15-6-10-18(11-7-15)26-21(27)25-20(22(26)12-4-3-5-13-22)24-17-9-8-16(2)19(23)14-17/h6-11,14H,3-5,12-13H2,1-2H3,(H,24,25,27). The number of benzene rings is 2. The van der Waals surface area contributed by atoms with Crippen LogP contribution in [0.15, 0.2) is 51.9 Å². The normalized spacial score (nSPS) is 18.7. The Bertz CT molecular complexity index is 898. The minimum Gasteiger partial charge on any atom is -0.342 e. The maximum absolute atomic E-state index is 5.74. The maximum Gasteiger partial charge on any atom is 0.202 e. The molecule has 0 amide bonds. The van der Waals surface area contributed by atoms with Gasteiger partial charge >= 0.3 is 0 Å². The van der Waals surface area contributed by atoms with E-state index in [4.69, 9.17) is 17.2 Å². The van der Waals surface area contributed by atoms with E-state index in [1.165, 1.54) is 30.4 Å². The fraction of sp³-hybridized carbons (Fsp3) is 0.364. The number of hydrogen-bond donors (Lipinski definition) is 1. The van der Waals surface area contributed by atoms with Gasteiger partial charge in [0.1, 0.15) is 11.4 Å². The molecule has 1 spiro atoms. The zero-order chi connectivity index (χ0) is 19.0. The number of halogens is 1. The van der Waals surface area contributed by atoms with Crippen LogP contribution in [0.25, 0.3) is 0 Å². The number of nitrogens with one attached hydrogen (secondary N) is 1. The SMILES string of the molecule is Cc1ccc(N2C(=S)N=C(Nc3ccc(C)c(Br)c3)C23CCCCC3)cc1. The second kappa shape index (κ2) is 7.36. The van der Waals surface area contributed by atoms with E-state index >= 15 is 0 Å². The molecule has 1 aliphatic carbocycles. The Balaban J connectivity index is 1.72. The monoisotopic (exact) mass is 441 g/mol. The van der Waals surface area contributed by atoms with Crippen molar-refractivity contribution >= 4 is 50.5 Å². The van der Waals surface area contributed by atoms with Gasteiger partial charge in [0, 0.05) is 15.8 Å². The molecule has 1 saturated carbocycles. The molecule has 0 atom stereocenters. The lowest BCUT2D eigenvalue weighted by atomic mass is 9.79. The molecule has 0 radical (unpaired) electrons. The van der Waals surface area contributed by atoms with E-state index < -0.39 is 0 Å². The Kier molecular flexibility index (Phi) is 5.08. The molecule has 0 aromatic heterocycles. The average Bonchev–Trinajstić information content (AvgIpc) is 2.91. The summed E-state index contributed by atoms with van der Waals surface area (Å²) in [7, 11) is 0. The molecule has 2 aromatic rings. The highest BCUT2D eigenvalue weighted by atomic mass is 79.9. The van der Waals surface area contributed by atoms with Crippen LogP contribution in [0.4, 0.5) is 11.4 Å². The molecule has 0 bridgehead atoms. The molecule has 140 valence electrons.